The van der Waals surface area contributed by atoms with Crippen LogP contribution in [-0.2, 0) is 0 Å². The summed E-state index contributed by atoms with van der Waals surface area (Å²) in [5.74, 6) is 0. The zero-order valence-corrected chi connectivity index (χ0v) is 9.68. The number of nitrogens with zero attached hydrogens (tertiary/aromatic N) is 2. The summed E-state index contributed by atoms with van der Waals surface area (Å²) in [5.41, 5.74) is 1.17. The van der Waals surface area contributed by atoms with E-state index in [0.29, 0.717) is 0 Å². The van der Waals surface area contributed by atoms with Crippen molar-refractivity contribution in [2.45, 2.75) is 0 Å². The van der Waals surface area contributed by atoms with Crippen LogP contribution in [0.4, 0.5) is 0 Å². The van der Waals surface area contributed by atoms with Crippen LogP contribution in [0, 0.1) is 0 Å². The molecule has 1 fully saturated rings. The summed E-state index contributed by atoms with van der Waals surface area (Å²) in [6.45, 7) is 11.3. The highest BCUT2D eigenvalue weighted by Crippen LogP contribution is 2.10. The highest BCUT2D eigenvalue weighted by atomic mass is 15.2. The maximum atomic E-state index is 5.49. The van der Waals surface area contributed by atoms with Gasteiger partial charge >= 0.3 is 0 Å². The lowest BCUT2D eigenvalue weighted by Gasteiger charge is -2.36. The molecular weight excluding hydrogens is 194 g/mol. The fourth-order valence-corrected chi connectivity index (χ4v) is 1.68. The highest BCUT2D eigenvalue weighted by molar-refractivity contribution is 6.87. The van der Waals surface area contributed by atoms with E-state index in [2.05, 4.69) is 28.9 Å². The second-order valence-electron chi connectivity index (χ2n) is 3.59. The van der Waals surface area contributed by atoms with Gasteiger partial charge in [0.2, 0.25) is 0 Å². The van der Waals surface area contributed by atoms with E-state index in [1.807, 2.05) is 18.2 Å². The predicted molar refractivity (Wildman–Crippen MR) is 72.3 cm³/mol. The quantitative estimate of drug-likeness (QED) is 0.496. The van der Waals surface area contributed by atoms with Crippen molar-refractivity contribution >= 4 is 15.0 Å². The molecule has 1 heterocycles. The van der Waals surface area contributed by atoms with Gasteiger partial charge in [0.1, 0.15) is 7.31 Å². The third-order valence-corrected chi connectivity index (χ3v) is 2.58. The Kier molecular flexibility index (Phi) is 5.79. The van der Waals surface area contributed by atoms with Gasteiger partial charge in [-0.3, -0.25) is 0 Å². The Morgan fingerprint density at radius 1 is 1.12 bits per heavy atom. The Bertz CT molecular complexity index is 289. The average Bonchev–Trinajstić information content (AvgIpc) is 2.35. The van der Waals surface area contributed by atoms with E-state index in [4.69, 9.17) is 7.74 Å². The van der Waals surface area contributed by atoms with Crippen molar-refractivity contribution in [3.8, 4) is 0 Å². The third-order valence-electron chi connectivity index (χ3n) is 2.58. The number of allylic oxidation sites excluding steroid dienone is 5. The SMILES string of the molecule is [B][B]N1CCN(C(/C=C\C=C)=C/C=C)CC1. The number of piperazine rings is 1. The van der Waals surface area contributed by atoms with Crippen molar-refractivity contribution in [1.82, 2.24) is 9.71 Å². The van der Waals surface area contributed by atoms with Gasteiger partial charge in [0.25, 0.3) is 0 Å². The molecule has 0 unspecified atom stereocenters. The molecule has 1 saturated heterocycles. The van der Waals surface area contributed by atoms with Gasteiger partial charge in [-0.25, -0.2) is 0 Å². The Morgan fingerprint density at radius 2 is 1.81 bits per heavy atom. The first-order valence-corrected chi connectivity index (χ1v) is 5.47. The second kappa shape index (κ2) is 7.18. The molecule has 1 aliphatic heterocycles. The van der Waals surface area contributed by atoms with Crippen LogP contribution in [0.5, 0.6) is 0 Å². The van der Waals surface area contributed by atoms with E-state index in [1.54, 1.807) is 13.4 Å². The summed E-state index contributed by atoms with van der Waals surface area (Å²) >= 11 is 0. The lowest BCUT2D eigenvalue weighted by atomic mass is 9.65. The first kappa shape index (κ1) is 12.9. The first-order chi connectivity index (χ1) is 7.81. The molecule has 0 spiro atoms. The van der Waals surface area contributed by atoms with Gasteiger partial charge < -0.3 is 9.71 Å². The molecule has 0 aromatic heterocycles. The summed E-state index contributed by atoms with van der Waals surface area (Å²) in [5, 5.41) is 0. The van der Waals surface area contributed by atoms with E-state index in [-0.39, 0.29) is 0 Å². The lowest BCUT2D eigenvalue weighted by Crippen LogP contribution is -2.47. The molecular formula is C12H17B2N2. The largest absolute Gasteiger partial charge is 0.369 e. The lowest BCUT2D eigenvalue weighted by molar-refractivity contribution is 0.238. The summed E-state index contributed by atoms with van der Waals surface area (Å²) in [6, 6.07) is 0. The van der Waals surface area contributed by atoms with Crippen LogP contribution in [-0.4, -0.2) is 50.9 Å². The van der Waals surface area contributed by atoms with Gasteiger partial charge in [-0.05, 0) is 12.2 Å². The molecule has 2 nitrogen and oxygen atoms in total. The van der Waals surface area contributed by atoms with Gasteiger partial charge in [-0.2, -0.15) is 0 Å². The molecule has 4 heteroatoms. The van der Waals surface area contributed by atoms with Gasteiger partial charge in [-0.15, -0.1) is 0 Å². The summed E-state index contributed by atoms with van der Waals surface area (Å²) in [6.07, 6.45) is 9.60. The molecule has 0 aromatic carbocycles. The number of rotatable bonds is 5. The second-order valence-corrected chi connectivity index (χ2v) is 3.59. The highest BCUT2D eigenvalue weighted by Gasteiger charge is 2.15. The summed E-state index contributed by atoms with van der Waals surface area (Å²) < 4.78 is 0. The molecule has 1 aliphatic rings. The maximum Gasteiger partial charge on any atom is 0.149 e. The van der Waals surface area contributed by atoms with Crippen LogP contribution in [0.2, 0.25) is 0 Å². The van der Waals surface area contributed by atoms with Crippen molar-refractivity contribution in [3.05, 3.63) is 49.2 Å². The third kappa shape index (κ3) is 3.78. The standard InChI is InChI=1S/C12H17B2N2/c1-3-5-7-12(6-4-2)15-8-10-16(14-13)11-9-15/h3-7H,1-2,8-11H2/b7-5-,12-6+. The Morgan fingerprint density at radius 3 is 2.31 bits per heavy atom. The summed E-state index contributed by atoms with van der Waals surface area (Å²) in [7, 11) is 7.15. The first-order valence-electron chi connectivity index (χ1n) is 5.47. The van der Waals surface area contributed by atoms with Crippen molar-refractivity contribution in [1.29, 1.82) is 0 Å². The number of hydrogen-bond donors (Lipinski definition) is 0. The van der Waals surface area contributed by atoms with Gasteiger partial charge in [-0.1, -0.05) is 31.4 Å². The van der Waals surface area contributed by atoms with Crippen LogP contribution in [0.3, 0.4) is 0 Å². The molecule has 0 aromatic rings. The van der Waals surface area contributed by atoms with E-state index in [0.717, 1.165) is 26.2 Å². The maximum absolute atomic E-state index is 5.49. The van der Waals surface area contributed by atoms with Crippen molar-refractivity contribution in [2.75, 3.05) is 26.2 Å². The zero-order valence-electron chi connectivity index (χ0n) is 9.68. The molecule has 0 amide bonds. The van der Waals surface area contributed by atoms with Crippen molar-refractivity contribution < 1.29 is 0 Å². The molecule has 1 rings (SSSR count). The molecule has 0 atom stereocenters. The fourth-order valence-electron chi connectivity index (χ4n) is 1.68. The molecule has 0 saturated carbocycles. The van der Waals surface area contributed by atoms with Crippen LogP contribution in [0.1, 0.15) is 0 Å². The monoisotopic (exact) mass is 211 g/mol. The minimum Gasteiger partial charge on any atom is -0.369 e. The van der Waals surface area contributed by atoms with Gasteiger partial charge in [0.05, 0.1) is 0 Å². The summed E-state index contributed by atoms with van der Waals surface area (Å²) in [4.78, 5) is 4.45. The molecule has 0 aliphatic carbocycles. The normalized spacial score (nSPS) is 18.8. The van der Waals surface area contributed by atoms with Crippen LogP contribution < -0.4 is 0 Å². The molecule has 16 heavy (non-hydrogen) atoms. The molecule has 3 radical (unpaired) electrons. The topological polar surface area (TPSA) is 6.48 Å². The van der Waals surface area contributed by atoms with E-state index < -0.39 is 0 Å². The van der Waals surface area contributed by atoms with Crippen LogP contribution in [0.15, 0.2) is 49.2 Å². The van der Waals surface area contributed by atoms with Crippen LogP contribution in [0.25, 0.3) is 0 Å². The van der Waals surface area contributed by atoms with Crippen LogP contribution >= 0.6 is 0 Å². The zero-order chi connectivity index (χ0) is 11.8. The smallest absolute Gasteiger partial charge is 0.149 e. The van der Waals surface area contributed by atoms with E-state index in [9.17, 15) is 0 Å². The minimum absolute atomic E-state index is 0.965. The molecule has 81 valence electrons. The van der Waals surface area contributed by atoms with Gasteiger partial charge in [0, 0.05) is 39.6 Å². The molecule has 0 bridgehead atoms. The number of hydrogen-bond acceptors (Lipinski definition) is 2. The fraction of sp³-hybridized carbons (Fsp3) is 0.333. The Hall–Kier alpha value is -1.15. The molecule has 0 N–H and O–H groups in total. The minimum atomic E-state index is 0.965. The van der Waals surface area contributed by atoms with Gasteiger partial charge in [0.15, 0.2) is 0 Å². The average molecular weight is 211 g/mol. The Balaban J connectivity index is 2.60. The predicted octanol–water partition coefficient (Wildman–Crippen LogP) is 1.12. The van der Waals surface area contributed by atoms with E-state index >= 15 is 0 Å². The van der Waals surface area contributed by atoms with Crippen molar-refractivity contribution in [3.63, 3.8) is 0 Å². The van der Waals surface area contributed by atoms with E-state index in [1.165, 1.54) is 5.70 Å². The Labute approximate surface area is 101 Å². The van der Waals surface area contributed by atoms with Crippen molar-refractivity contribution in [2.24, 2.45) is 0 Å².